The molecule has 1 atom stereocenters. The third kappa shape index (κ3) is 2.81. The van der Waals surface area contributed by atoms with Crippen LogP contribution in [0.3, 0.4) is 0 Å². The van der Waals surface area contributed by atoms with E-state index in [4.69, 9.17) is 9.47 Å². The lowest BCUT2D eigenvalue weighted by Gasteiger charge is -2.19. The lowest BCUT2D eigenvalue weighted by atomic mass is 10.1. The molecule has 3 heterocycles. The Morgan fingerprint density at radius 2 is 2.04 bits per heavy atom. The van der Waals surface area contributed by atoms with Gasteiger partial charge >= 0.3 is 5.69 Å². The zero-order valence-electron chi connectivity index (χ0n) is 16.1. The van der Waals surface area contributed by atoms with E-state index in [0.29, 0.717) is 42.2 Å². The standard InChI is InChI=1S/C20H22N4O4/c1-22-16-5-4-9-21-18(16)24(20(22)26)13-8-10-23(12-13)19(25)15-7-6-14(27-2)11-17(15)28-3/h4-7,9,11,13H,8,10,12H2,1-3H3/t13-/m1/s1. The van der Waals surface area contributed by atoms with E-state index in [0.717, 1.165) is 5.52 Å². The van der Waals surface area contributed by atoms with Crippen molar-refractivity contribution in [1.82, 2.24) is 19.0 Å². The minimum Gasteiger partial charge on any atom is -0.497 e. The Bertz CT molecular complexity index is 1100. The Hall–Kier alpha value is -3.29. The first kappa shape index (κ1) is 18.1. The Kier molecular flexibility index (Phi) is 4.54. The van der Waals surface area contributed by atoms with Gasteiger partial charge in [0.25, 0.3) is 5.91 Å². The van der Waals surface area contributed by atoms with Crippen molar-refractivity contribution in [2.45, 2.75) is 12.5 Å². The first-order chi connectivity index (χ1) is 13.5. The summed E-state index contributed by atoms with van der Waals surface area (Å²) in [6, 6.07) is 8.72. The summed E-state index contributed by atoms with van der Waals surface area (Å²) >= 11 is 0. The molecule has 1 fully saturated rings. The summed E-state index contributed by atoms with van der Waals surface area (Å²) in [5, 5.41) is 0. The minimum absolute atomic E-state index is 0.112. The van der Waals surface area contributed by atoms with Crippen molar-refractivity contribution in [2.24, 2.45) is 7.05 Å². The average molecular weight is 382 g/mol. The zero-order valence-corrected chi connectivity index (χ0v) is 16.1. The highest BCUT2D eigenvalue weighted by Gasteiger charge is 2.32. The van der Waals surface area contributed by atoms with Crippen molar-refractivity contribution >= 4 is 17.1 Å². The average Bonchev–Trinajstić information content (AvgIpc) is 3.30. The topological polar surface area (TPSA) is 78.6 Å². The van der Waals surface area contributed by atoms with E-state index in [2.05, 4.69) is 4.98 Å². The maximum Gasteiger partial charge on any atom is 0.330 e. The number of methoxy groups -OCH3 is 2. The first-order valence-electron chi connectivity index (χ1n) is 9.08. The van der Waals surface area contributed by atoms with Gasteiger partial charge in [0.1, 0.15) is 11.5 Å². The summed E-state index contributed by atoms with van der Waals surface area (Å²) in [7, 11) is 4.83. The predicted octanol–water partition coefficient (Wildman–Crippen LogP) is 1.84. The third-order valence-corrected chi connectivity index (χ3v) is 5.30. The molecule has 0 bridgehead atoms. The fourth-order valence-electron chi connectivity index (χ4n) is 3.80. The van der Waals surface area contributed by atoms with Gasteiger partial charge < -0.3 is 14.4 Å². The summed E-state index contributed by atoms with van der Waals surface area (Å²) in [6.07, 6.45) is 2.37. The molecule has 0 radical (unpaired) electrons. The van der Waals surface area contributed by atoms with Crippen LogP contribution in [0.5, 0.6) is 11.5 Å². The van der Waals surface area contributed by atoms with Gasteiger partial charge in [0.05, 0.1) is 31.3 Å². The molecular formula is C20H22N4O4. The number of pyridine rings is 1. The molecule has 28 heavy (non-hydrogen) atoms. The van der Waals surface area contributed by atoms with Crippen LogP contribution in [0.15, 0.2) is 41.3 Å². The Morgan fingerprint density at radius 3 is 2.79 bits per heavy atom. The summed E-state index contributed by atoms with van der Waals surface area (Å²) < 4.78 is 13.9. The van der Waals surface area contributed by atoms with Gasteiger partial charge in [-0.1, -0.05) is 0 Å². The quantitative estimate of drug-likeness (QED) is 0.688. The smallest absolute Gasteiger partial charge is 0.330 e. The van der Waals surface area contributed by atoms with E-state index < -0.39 is 0 Å². The lowest BCUT2D eigenvalue weighted by Crippen LogP contribution is -2.32. The molecule has 0 saturated carbocycles. The van der Waals surface area contributed by atoms with E-state index in [1.165, 1.54) is 7.11 Å². The molecule has 8 nitrogen and oxygen atoms in total. The van der Waals surface area contributed by atoms with Gasteiger partial charge in [-0.05, 0) is 30.7 Å². The van der Waals surface area contributed by atoms with Crippen LogP contribution in [0.25, 0.3) is 11.2 Å². The number of fused-ring (bicyclic) bond motifs is 1. The van der Waals surface area contributed by atoms with Gasteiger partial charge in [-0.2, -0.15) is 0 Å². The molecule has 1 saturated heterocycles. The first-order valence-corrected chi connectivity index (χ1v) is 9.08. The van der Waals surface area contributed by atoms with E-state index in [1.807, 2.05) is 12.1 Å². The van der Waals surface area contributed by atoms with Crippen LogP contribution in [-0.4, -0.2) is 52.2 Å². The molecule has 2 aromatic heterocycles. The molecule has 4 rings (SSSR count). The van der Waals surface area contributed by atoms with Gasteiger partial charge in [0.2, 0.25) is 0 Å². The van der Waals surface area contributed by atoms with Crippen LogP contribution >= 0.6 is 0 Å². The fourth-order valence-corrected chi connectivity index (χ4v) is 3.80. The maximum atomic E-state index is 13.1. The highest BCUT2D eigenvalue weighted by Crippen LogP contribution is 2.29. The second-order valence-electron chi connectivity index (χ2n) is 6.82. The Labute approximate surface area is 161 Å². The van der Waals surface area contributed by atoms with Crippen molar-refractivity contribution in [3.63, 3.8) is 0 Å². The number of aryl methyl sites for hydroxylation is 1. The fraction of sp³-hybridized carbons (Fsp3) is 0.350. The molecule has 146 valence electrons. The number of aromatic nitrogens is 3. The molecule has 1 aromatic carbocycles. The van der Waals surface area contributed by atoms with E-state index in [-0.39, 0.29) is 17.6 Å². The molecular weight excluding hydrogens is 360 g/mol. The van der Waals surface area contributed by atoms with E-state index in [9.17, 15) is 9.59 Å². The second kappa shape index (κ2) is 7.03. The molecule has 0 aliphatic carbocycles. The number of hydrogen-bond donors (Lipinski definition) is 0. The number of amides is 1. The van der Waals surface area contributed by atoms with Crippen molar-refractivity contribution < 1.29 is 14.3 Å². The van der Waals surface area contributed by atoms with Gasteiger partial charge in [-0.3, -0.25) is 13.9 Å². The molecule has 1 amide bonds. The largest absolute Gasteiger partial charge is 0.497 e. The summed E-state index contributed by atoms with van der Waals surface area (Å²) in [4.78, 5) is 31.9. The number of carbonyl (C=O) groups is 1. The molecule has 1 aliphatic rings. The van der Waals surface area contributed by atoms with Crippen LogP contribution in [0.1, 0.15) is 22.8 Å². The maximum absolute atomic E-state index is 13.1. The van der Waals surface area contributed by atoms with Crippen molar-refractivity contribution in [3.8, 4) is 11.5 Å². The second-order valence-corrected chi connectivity index (χ2v) is 6.82. The van der Waals surface area contributed by atoms with Crippen molar-refractivity contribution in [3.05, 3.63) is 52.6 Å². The van der Waals surface area contributed by atoms with Gasteiger partial charge in [-0.25, -0.2) is 9.78 Å². The summed E-state index contributed by atoms with van der Waals surface area (Å²) in [6.45, 7) is 1.01. The van der Waals surface area contributed by atoms with Gasteiger partial charge in [0.15, 0.2) is 5.65 Å². The molecule has 0 unspecified atom stereocenters. The number of imidazole rings is 1. The number of hydrogen-bond acceptors (Lipinski definition) is 5. The number of ether oxygens (including phenoxy) is 2. The highest BCUT2D eigenvalue weighted by molar-refractivity contribution is 5.97. The van der Waals surface area contributed by atoms with Crippen LogP contribution in [0.4, 0.5) is 0 Å². The summed E-state index contributed by atoms with van der Waals surface area (Å²) in [5.41, 5.74) is 1.80. The molecule has 1 aliphatic heterocycles. The van der Waals surface area contributed by atoms with Gasteiger partial charge in [0, 0.05) is 32.4 Å². The zero-order chi connectivity index (χ0) is 19.8. The predicted molar refractivity (Wildman–Crippen MR) is 104 cm³/mol. The SMILES string of the molecule is COc1ccc(C(=O)N2CC[C@@H](n3c(=O)n(C)c4cccnc43)C2)c(OC)c1. The molecule has 3 aromatic rings. The number of carbonyl (C=O) groups excluding carboxylic acids is 1. The lowest BCUT2D eigenvalue weighted by molar-refractivity contribution is 0.0784. The highest BCUT2D eigenvalue weighted by atomic mass is 16.5. The van der Waals surface area contributed by atoms with Crippen LogP contribution in [0.2, 0.25) is 0 Å². The molecule has 8 heteroatoms. The summed E-state index contributed by atoms with van der Waals surface area (Å²) in [5.74, 6) is 0.973. The number of rotatable bonds is 4. The van der Waals surface area contributed by atoms with Crippen LogP contribution < -0.4 is 15.2 Å². The van der Waals surface area contributed by atoms with Gasteiger partial charge in [-0.15, -0.1) is 0 Å². The van der Waals surface area contributed by atoms with Crippen LogP contribution in [0, 0.1) is 0 Å². The third-order valence-electron chi connectivity index (χ3n) is 5.30. The van der Waals surface area contributed by atoms with E-state index in [1.54, 1.807) is 52.6 Å². The van der Waals surface area contributed by atoms with Crippen molar-refractivity contribution in [1.29, 1.82) is 0 Å². The van der Waals surface area contributed by atoms with E-state index >= 15 is 0 Å². The number of nitrogens with zero attached hydrogens (tertiary/aromatic N) is 4. The molecule has 0 N–H and O–H groups in total. The van der Waals surface area contributed by atoms with Crippen LogP contribution in [-0.2, 0) is 7.05 Å². The monoisotopic (exact) mass is 382 g/mol. The minimum atomic E-state index is -0.122. The number of benzene rings is 1. The van der Waals surface area contributed by atoms with Crippen molar-refractivity contribution in [2.75, 3.05) is 27.3 Å². The normalized spacial score (nSPS) is 16.5. The molecule has 0 spiro atoms. The Balaban J connectivity index is 1.63. The Morgan fingerprint density at radius 1 is 1.21 bits per heavy atom. The number of likely N-dealkylation sites (tertiary alicyclic amines) is 1.